The van der Waals surface area contributed by atoms with Crippen LogP contribution in [0.3, 0.4) is 0 Å². The van der Waals surface area contributed by atoms with Crippen LogP contribution in [0.2, 0.25) is 0 Å². The molecule has 0 bridgehead atoms. The highest BCUT2D eigenvalue weighted by Crippen LogP contribution is 2.27. The minimum absolute atomic E-state index is 0.0902. The minimum Gasteiger partial charge on any atom is -0.381 e. The summed E-state index contributed by atoms with van der Waals surface area (Å²) in [4.78, 5) is 12.4. The van der Waals surface area contributed by atoms with Gasteiger partial charge in [0.2, 0.25) is 10.0 Å². The van der Waals surface area contributed by atoms with E-state index < -0.39 is 22.1 Å². The first-order valence-electron chi connectivity index (χ1n) is 10.1. The van der Waals surface area contributed by atoms with Crippen molar-refractivity contribution in [3.63, 3.8) is 0 Å². The molecule has 0 aliphatic carbocycles. The van der Waals surface area contributed by atoms with Crippen LogP contribution in [0.5, 0.6) is 0 Å². The van der Waals surface area contributed by atoms with E-state index in [9.17, 15) is 26.4 Å². The zero-order chi connectivity index (χ0) is 21.9. The Kier molecular flexibility index (Phi) is 7.09. The molecule has 0 radical (unpaired) electrons. The number of sulfonamides is 1. The highest BCUT2D eigenvalue weighted by atomic mass is 32.2. The number of halogens is 3. The molecular weight excluding hydrogens is 421 g/mol. The molecule has 1 amide bonds. The minimum atomic E-state index is -4.83. The molecule has 2 aliphatic rings. The van der Waals surface area contributed by atoms with E-state index in [0.717, 1.165) is 10.5 Å². The third-order valence-corrected chi connectivity index (χ3v) is 7.88. The van der Waals surface area contributed by atoms with Gasteiger partial charge in [0.05, 0.1) is 11.0 Å². The molecule has 2 fully saturated rings. The van der Waals surface area contributed by atoms with Crippen LogP contribution in [-0.2, 0) is 26.0 Å². The molecule has 2 aliphatic heterocycles. The molecule has 0 N–H and O–H groups in total. The van der Waals surface area contributed by atoms with Gasteiger partial charge in [-0.3, -0.25) is 4.79 Å². The summed E-state index contributed by atoms with van der Waals surface area (Å²) in [5.41, 5.74) is 0.938. The number of carbonyl (C=O) groups excluding carboxylic acids is 1. The molecule has 1 aromatic rings. The number of alkyl halides is 3. The normalized spacial score (nSPS) is 20.5. The van der Waals surface area contributed by atoms with Gasteiger partial charge < -0.3 is 9.64 Å². The van der Waals surface area contributed by atoms with Gasteiger partial charge in [0.25, 0.3) is 0 Å². The maximum atomic E-state index is 12.8. The summed E-state index contributed by atoms with van der Waals surface area (Å²) < 4.78 is 70.0. The number of benzene rings is 1. The smallest absolute Gasteiger partial charge is 0.381 e. The zero-order valence-corrected chi connectivity index (χ0v) is 17.7. The number of amides is 1. The first kappa shape index (κ1) is 23.0. The fourth-order valence-electron chi connectivity index (χ4n) is 4.11. The second-order valence-corrected chi connectivity index (χ2v) is 9.86. The van der Waals surface area contributed by atoms with E-state index in [4.69, 9.17) is 4.74 Å². The zero-order valence-electron chi connectivity index (χ0n) is 16.9. The van der Waals surface area contributed by atoms with E-state index in [1.165, 1.54) is 4.31 Å². The lowest BCUT2D eigenvalue weighted by Gasteiger charge is -2.32. The average Bonchev–Trinajstić information content (AvgIpc) is 2.73. The van der Waals surface area contributed by atoms with Gasteiger partial charge in [0.15, 0.2) is 0 Å². The van der Waals surface area contributed by atoms with E-state index in [1.54, 1.807) is 31.4 Å². The van der Waals surface area contributed by atoms with E-state index >= 15 is 0 Å². The van der Waals surface area contributed by atoms with E-state index in [1.807, 2.05) is 0 Å². The Bertz CT molecular complexity index is 827. The Balaban J connectivity index is 1.55. The Morgan fingerprint density at radius 2 is 1.60 bits per heavy atom. The summed E-state index contributed by atoms with van der Waals surface area (Å²) >= 11 is 0. The van der Waals surface area contributed by atoms with Crippen LogP contribution in [0.1, 0.15) is 31.2 Å². The maximum Gasteiger partial charge on any atom is 0.471 e. The molecule has 0 unspecified atom stereocenters. The van der Waals surface area contributed by atoms with Gasteiger partial charge in [-0.1, -0.05) is 12.1 Å². The van der Waals surface area contributed by atoms with Gasteiger partial charge in [-0.25, -0.2) is 8.42 Å². The van der Waals surface area contributed by atoms with Crippen molar-refractivity contribution in [3.05, 3.63) is 29.8 Å². The Labute approximate surface area is 175 Å². The fraction of sp³-hybridized carbons (Fsp3) is 0.650. The number of ether oxygens (including phenoxy) is 1. The van der Waals surface area contributed by atoms with Crippen molar-refractivity contribution in [1.29, 1.82) is 0 Å². The number of methoxy groups -OCH3 is 1. The topological polar surface area (TPSA) is 66.9 Å². The second-order valence-electron chi connectivity index (χ2n) is 7.92. The lowest BCUT2D eigenvalue weighted by molar-refractivity contribution is -0.186. The molecule has 30 heavy (non-hydrogen) atoms. The van der Waals surface area contributed by atoms with E-state index in [2.05, 4.69) is 0 Å². The molecule has 2 saturated heterocycles. The van der Waals surface area contributed by atoms with Gasteiger partial charge >= 0.3 is 12.1 Å². The number of carbonyl (C=O) groups is 1. The average molecular weight is 449 g/mol. The summed E-state index contributed by atoms with van der Waals surface area (Å²) in [6, 6.07) is 6.72. The van der Waals surface area contributed by atoms with Gasteiger partial charge in [0.1, 0.15) is 0 Å². The largest absolute Gasteiger partial charge is 0.471 e. The number of hydrogen-bond donors (Lipinski definition) is 0. The molecule has 1 aromatic carbocycles. The van der Waals surface area contributed by atoms with E-state index in [-0.39, 0.29) is 30.0 Å². The Morgan fingerprint density at radius 3 is 2.10 bits per heavy atom. The lowest BCUT2D eigenvalue weighted by atomic mass is 9.90. The molecule has 3 rings (SSSR count). The van der Waals surface area contributed by atoms with Crippen LogP contribution in [0.15, 0.2) is 29.2 Å². The molecular formula is C20H27F3N2O4S. The quantitative estimate of drug-likeness (QED) is 0.695. The monoisotopic (exact) mass is 448 g/mol. The van der Waals surface area contributed by atoms with Crippen molar-refractivity contribution in [2.45, 2.75) is 49.3 Å². The standard InChI is InChI=1S/C20H27F3N2O4S/c1-29-17-8-12-25(13-9-17)30(27,28)18-4-2-15(3-5-18)14-16-6-10-24(11-7-16)19(26)20(21,22)23/h2-5,16-17H,6-14H2,1H3. The van der Waals surface area contributed by atoms with Gasteiger partial charge in [-0.05, 0) is 55.7 Å². The predicted octanol–water partition coefficient (Wildman–Crippen LogP) is 2.83. The number of hydrogen-bond acceptors (Lipinski definition) is 4. The third-order valence-electron chi connectivity index (χ3n) is 5.96. The summed E-state index contributed by atoms with van der Waals surface area (Å²) in [6.45, 7) is 1.04. The number of rotatable bonds is 5. The molecule has 0 saturated carbocycles. The van der Waals surface area contributed by atoms with Crippen molar-refractivity contribution < 1.29 is 31.1 Å². The fourth-order valence-corrected chi connectivity index (χ4v) is 5.58. The first-order valence-corrected chi connectivity index (χ1v) is 11.5. The van der Waals surface area contributed by atoms with E-state index in [0.29, 0.717) is 45.2 Å². The molecule has 2 heterocycles. The number of likely N-dealkylation sites (tertiary alicyclic amines) is 1. The summed E-state index contributed by atoms with van der Waals surface area (Å²) in [6.07, 6.45) is -1.75. The van der Waals surface area contributed by atoms with Gasteiger partial charge in [-0.15, -0.1) is 0 Å². The maximum absolute atomic E-state index is 12.8. The van der Waals surface area contributed by atoms with Crippen LogP contribution in [0, 0.1) is 5.92 Å². The molecule has 0 aromatic heterocycles. The summed E-state index contributed by atoms with van der Waals surface area (Å²) in [7, 11) is -1.92. The molecule has 168 valence electrons. The highest BCUT2D eigenvalue weighted by Gasteiger charge is 2.43. The number of nitrogens with zero attached hydrogens (tertiary/aromatic N) is 2. The Morgan fingerprint density at radius 1 is 1.03 bits per heavy atom. The molecule has 6 nitrogen and oxygen atoms in total. The predicted molar refractivity (Wildman–Crippen MR) is 104 cm³/mol. The third kappa shape index (κ3) is 5.33. The van der Waals surface area contributed by atoms with Crippen molar-refractivity contribution >= 4 is 15.9 Å². The van der Waals surface area contributed by atoms with Crippen molar-refractivity contribution in [2.75, 3.05) is 33.3 Å². The summed E-state index contributed by atoms with van der Waals surface area (Å²) in [5, 5.41) is 0. The van der Waals surface area contributed by atoms with Crippen LogP contribution < -0.4 is 0 Å². The molecule has 10 heteroatoms. The van der Waals surface area contributed by atoms with Gasteiger partial charge in [0, 0.05) is 33.3 Å². The first-order chi connectivity index (χ1) is 14.1. The van der Waals surface area contributed by atoms with Crippen LogP contribution in [0.25, 0.3) is 0 Å². The SMILES string of the molecule is COC1CCN(S(=O)(=O)c2ccc(CC3CCN(C(=O)C(F)(F)F)CC3)cc2)CC1. The Hall–Kier alpha value is -1.65. The van der Waals surface area contributed by atoms with Crippen LogP contribution in [-0.4, -0.2) is 69.1 Å². The van der Waals surface area contributed by atoms with Crippen molar-refractivity contribution in [3.8, 4) is 0 Å². The summed E-state index contributed by atoms with van der Waals surface area (Å²) in [5.74, 6) is -1.61. The second kappa shape index (κ2) is 9.23. The highest BCUT2D eigenvalue weighted by molar-refractivity contribution is 7.89. The van der Waals surface area contributed by atoms with Crippen molar-refractivity contribution in [2.24, 2.45) is 5.92 Å². The molecule has 0 spiro atoms. The number of piperidine rings is 2. The van der Waals surface area contributed by atoms with Crippen LogP contribution >= 0.6 is 0 Å². The van der Waals surface area contributed by atoms with Crippen molar-refractivity contribution in [1.82, 2.24) is 9.21 Å². The van der Waals surface area contributed by atoms with Crippen LogP contribution in [0.4, 0.5) is 13.2 Å². The molecule has 0 atom stereocenters. The van der Waals surface area contributed by atoms with Gasteiger partial charge in [-0.2, -0.15) is 17.5 Å². The lowest BCUT2D eigenvalue weighted by Crippen LogP contribution is -2.45.